The molecule has 0 radical (unpaired) electrons. The third-order valence-corrected chi connectivity index (χ3v) is 2.13. The smallest absolute Gasteiger partial charge is 0.308 e. The van der Waals surface area contributed by atoms with E-state index in [0.717, 1.165) is 6.42 Å². The topological polar surface area (TPSA) is 44.8 Å². The van der Waals surface area contributed by atoms with Gasteiger partial charge in [0.2, 0.25) is 0 Å². The third-order valence-electron chi connectivity index (χ3n) is 2.13. The van der Waals surface area contributed by atoms with E-state index in [1.807, 2.05) is 6.92 Å². The maximum Gasteiger partial charge on any atom is 0.308 e. The van der Waals surface area contributed by atoms with Gasteiger partial charge < -0.3 is 14.2 Å². The maximum absolute atomic E-state index is 11.2. The number of carbonyl (C=O) groups excluding carboxylic acids is 1. The highest BCUT2D eigenvalue weighted by Gasteiger charge is 2.28. The van der Waals surface area contributed by atoms with Crippen LogP contribution in [0.25, 0.3) is 0 Å². The molecule has 0 aromatic rings. The van der Waals surface area contributed by atoms with Crippen molar-refractivity contribution in [3.05, 3.63) is 0 Å². The van der Waals surface area contributed by atoms with Gasteiger partial charge in [-0.15, -0.1) is 0 Å². The first-order chi connectivity index (χ1) is 6.27. The third kappa shape index (κ3) is 2.97. The molecule has 0 saturated carbocycles. The zero-order valence-corrected chi connectivity index (χ0v) is 8.12. The lowest BCUT2D eigenvalue weighted by molar-refractivity contribution is -0.183. The molecule has 0 N–H and O–H groups in total. The van der Waals surface area contributed by atoms with Crippen LogP contribution in [0.15, 0.2) is 0 Å². The number of hydrogen-bond acceptors (Lipinski definition) is 4. The highest BCUT2D eigenvalue weighted by Crippen LogP contribution is 2.21. The van der Waals surface area contributed by atoms with Gasteiger partial charge >= 0.3 is 5.97 Å². The summed E-state index contributed by atoms with van der Waals surface area (Å²) < 4.78 is 15.3. The van der Waals surface area contributed by atoms with Crippen molar-refractivity contribution in [3.8, 4) is 0 Å². The van der Waals surface area contributed by atoms with E-state index in [0.29, 0.717) is 19.6 Å². The Morgan fingerprint density at radius 2 is 2.38 bits per heavy atom. The fraction of sp³-hybridized carbons (Fsp3) is 0.889. The fourth-order valence-corrected chi connectivity index (χ4v) is 1.44. The van der Waals surface area contributed by atoms with Gasteiger partial charge in [-0.1, -0.05) is 0 Å². The summed E-state index contributed by atoms with van der Waals surface area (Å²) in [4.78, 5) is 11.2. The van der Waals surface area contributed by atoms with Crippen molar-refractivity contribution >= 4 is 5.97 Å². The summed E-state index contributed by atoms with van der Waals surface area (Å²) in [7, 11) is 1.41. The number of carbonyl (C=O) groups is 1. The SMILES string of the molecule is CCOC1CC(C(=O)OC)CCO1. The van der Waals surface area contributed by atoms with Gasteiger partial charge in [0, 0.05) is 13.0 Å². The summed E-state index contributed by atoms with van der Waals surface area (Å²) in [6.07, 6.45) is 1.11. The molecule has 13 heavy (non-hydrogen) atoms. The van der Waals surface area contributed by atoms with E-state index < -0.39 is 0 Å². The van der Waals surface area contributed by atoms with Crippen molar-refractivity contribution in [2.24, 2.45) is 5.92 Å². The predicted molar refractivity (Wildman–Crippen MR) is 46.1 cm³/mol. The molecule has 2 atom stereocenters. The molecular formula is C9H16O4. The van der Waals surface area contributed by atoms with Crippen LogP contribution in [0.4, 0.5) is 0 Å². The maximum atomic E-state index is 11.2. The molecule has 0 bridgehead atoms. The standard InChI is InChI=1S/C9H16O4/c1-3-12-8-6-7(4-5-13-8)9(10)11-2/h7-8H,3-6H2,1-2H3. The number of ether oxygens (including phenoxy) is 3. The van der Waals surface area contributed by atoms with Gasteiger partial charge in [-0.05, 0) is 13.3 Å². The molecule has 1 saturated heterocycles. The Kier molecular flexibility index (Phi) is 4.18. The first-order valence-electron chi connectivity index (χ1n) is 4.59. The second-order valence-electron chi connectivity index (χ2n) is 3.00. The second-order valence-corrected chi connectivity index (χ2v) is 3.00. The molecule has 4 heteroatoms. The average Bonchev–Trinajstić information content (AvgIpc) is 2.18. The van der Waals surface area contributed by atoms with Crippen molar-refractivity contribution in [2.45, 2.75) is 26.1 Å². The molecule has 1 aliphatic rings. The van der Waals surface area contributed by atoms with Crippen LogP contribution in [0.3, 0.4) is 0 Å². The summed E-state index contributed by atoms with van der Waals surface area (Å²) in [5.41, 5.74) is 0. The Morgan fingerprint density at radius 1 is 1.62 bits per heavy atom. The molecule has 0 aromatic heterocycles. The van der Waals surface area contributed by atoms with Crippen LogP contribution in [0, 0.1) is 5.92 Å². The number of methoxy groups -OCH3 is 1. The largest absolute Gasteiger partial charge is 0.469 e. The van der Waals surface area contributed by atoms with Gasteiger partial charge in [-0.25, -0.2) is 0 Å². The summed E-state index contributed by atoms with van der Waals surface area (Å²) >= 11 is 0. The Hall–Kier alpha value is -0.610. The minimum Gasteiger partial charge on any atom is -0.469 e. The van der Waals surface area contributed by atoms with E-state index >= 15 is 0 Å². The van der Waals surface area contributed by atoms with Gasteiger partial charge in [0.15, 0.2) is 6.29 Å². The fourth-order valence-electron chi connectivity index (χ4n) is 1.44. The normalized spacial score (nSPS) is 28.5. The van der Waals surface area contributed by atoms with Crippen LogP contribution in [0.2, 0.25) is 0 Å². The van der Waals surface area contributed by atoms with Crippen LogP contribution in [0.1, 0.15) is 19.8 Å². The summed E-state index contributed by atoms with van der Waals surface area (Å²) in [5, 5.41) is 0. The first-order valence-corrected chi connectivity index (χ1v) is 4.59. The molecular weight excluding hydrogens is 172 g/mol. The van der Waals surface area contributed by atoms with E-state index in [1.165, 1.54) is 7.11 Å². The number of rotatable bonds is 3. The van der Waals surface area contributed by atoms with Crippen molar-refractivity contribution in [2.75, 3.05) is 20.3 Å². The zero-order chi connectivity index (χ0) is 9.68. The van der Waals surface area contributed by atoms with Crippen LogP contribution < -0.4 is 0 Å². The van der Waals surface area contributed by atoms with E-state index in [1.54, 1.807) is 0 Å². The van der Waals surface area contributed by atoms with Crippen molar-refractivity contribution in [3.63, 3.8) is 0 Å². The molecule has 1 aliphatic heterocycles. The van der Waals surface area contributed by atoms with Crippen LogP contribution >= 0.6 is 0 Å². The number of hydrogen-bond donors (Lipinski definition) is 0. The van der Waals surface area contributed by atoms with Crippen LogP contribution in [-0.2, 0) is 19.0 Å². The molecule has 0 spiro atoms. The Bertz CT molecular complexity index is 167. The zero-order valence-electron chi connectivity index (χ0n) is 8.12. The van der Waals surface area contributed by atoms with E-state index in [4.69, 9.17) is 9.47 Å². The van der Waals surface area contributed by atoms with Gasteiger partial charge in [0.25, 0.3) is 0 Å². The van der Waals surface area contributed by atoms with E-state index in [2.05, 4.69) is 4.74 Å². The molecule has 2 unspecified atom stereocenters. The minimum absolute atomic E-state index is 0.0599. The van der Waals surface area contributed by atoms with E-state index in [9.17, 15) is 4.79 Å². The lowest BCUT2D eigenvalue weighted by Gasteiger charge is -2.27. The van der Waals surface area contributed by atoms with Gasteiger partial charge in [-0.3, -0.25) is 4.79 Å². The van der Waals surface area contributed by atoms with Crippen molar-refractivity contribution in [1.29, 1.82) is 0 Å². The molecule has 1 heterocycles. The average molecular weight is 188 g/mol. The Labute approximate surface area is 78.2 Å². The van der Waals surface area contributed by atoms with Gasteiger partial charge in [0.05, 0.1) is 19.6 Å². The molecule has 1 rings (SSSR count). The lowest BCUT2D eigenvalue weighted by atomic mass is 10.00. The Morgan fingerprint density at radius 3 is 3.00 bits per heavy atom. The monoisotopic (exact) mass is 188 g/mol. The quantitative estimate of drug-likeness (QED) is 0.618. The molecule has 0 amide bonds. The highest BCUT2D eigenvalue weighted by atomic mass is 16.7. The minimum atomic E-state index is -0.233. The first kappa shape index (κ1) is 10.5. The molecule has 0 aliphatic carbocycles. The second kappa shape index (κ2) is 5.19. The van der Waals surface area contributed by atoms with Crippen molar-refractivity contribution in [1.82, 2.24) is 0 Å². The molecule has 4 nitrogen and oxygen atoms in total. The number of esters is 1. The van der Waals surface area contributed by atoms with Gasteiger partial charge in [0.1, 0.15) is 0 Å². The molecule has 76 valence electrons. The summed E-state index contributed by atoms with van der Waals surface area (Å²) in [6, 6.07) is 0. The van der Waals surface area contributed by atoms with E-state index in [-0.39, 0.29) is 18.2 Å². The van der Waals surface area contributed by atoms with Gasteiger partial charge in [-0.2, -0.15) is 0 Å². The van der Waals surface area contributed by atoms with Crippen LogP contribution in [-0.4, -0.2) is 32.6 Å². The molecule has 1 fully saturated rings. The molecule has 0 aromatic carbocycles. The van der Waals surface area contributed by atoms with Crippen LogP contribution in [0.5, 0.6) is 0 Å². The summed E-state index contributed by atoms with van der Waals surface area (Å²) in [6.45, 7) is 3.09. The summed E-state index contributed by atoms with van der Waals surface area (Å²) in [5.74, 6) is -0.219. The Balaban J connectivity index is 2.37. The highest BCUT2D eigenvalue weighted by molar-refractivity contribution is 5.72. The lowest BCUT2D eigenvalue weighted by Crippen LogP contribution is -2.32. The predicted octanol–water partition coefficient (Wildman–Crippen LogP) is 0.949. The van der Waals surface area contributed by atoms with Crippen molar-refractivity contribution < 1.29 is 19.0 Å².